The average molecular weight is 494 g/mol. The van der Waals surface area contributed by atoms with E-state index in [2.05, 4.69) is 37.2 Å². The van der Waals surface area contributed by atoms with Crippen LogP contribution >= 0.6 is 22.5 Å². The Bertz CT molecular complexity index is 1270. The average Bonchev–Trinajstić information content (AvgIpc) is 2.74. The summed E-state index contributed by atoms with van der Waals surface area (Å²) in [6.07, 6.45) is 0. The molecule has 0 aliphatic carbocycles. The summed E-state index contributed by atoms with van der Waals surface area (Å²) in [6, 6.07) is 2.87. The number of nitrogens with one attached hydrogen (secondary N) is 3. The van der Waals surface area contributed by atoms with Crippen LogP contribution in [0.25, 0.3) is 22.6 Å². The number of aryl methyl sites for hydroxylation is 3. The van der Waals surface area contributed by atoms with Crippen molar-refractivity contribution >= 4 is 57.9 Å². The molecule has 170 valence electrons. The normalized spacial score (nSPS) is 18.2. The van der Waals surface area contributed by atoms with Gasteiger partial charge in [-0.1, -0.05) is 10.8 Å². The Labute approximate surface area is 197 Å². The summed E-state index contributed by atoms with van der Waals surface area (Å²) in [5.74, 6) is 0.575. The van der Waals surface area contributed by atoms with E-state index < -0.39 is 23.3 Å². The van der Waals surface area contributed by atoms with Gasteiger partial charge in [-0.25, -0.2) is 9.78 Å². The molecule has 2 atom stereocenters. The molecular weight excluding hydrogens is 472 g/mol. The summed E-state index contributed by atoms with van der Waals surface area (Å²) < 4.78 is 1.72. The molecule has 13 heteroatoms. The van der Waals surface area contributed by atoms with Crippen LogP contribution in [0, 0.1) is 13.8 Å². The number of fused-ring (bicyclic) bond motifs is 2. The molecule has 10 nitrogen and oxygen atoms in total. The molecule has 3 N–H and O–H groups in total. The third-order valence-corrected chi connectivity index (χ3v) is 6.29. The van der Waals surface area contributed by atoms with Crippen LogP contribution in [0.3, 0.4) is 0 Å². The zero-order valence-corrected chi connectivity index (χ0v) is 20.0. The molecule has 0 bridgehead atoms. The fraction of sp³-hybridized carbons (Fsp3) is 0.368. The number of hydrogen-bond donors (Lipinski definition) is 4. The minimum absolute atomic E-state index is 0.179. The van der Waals surface area contributed by atoms with Gasteiger partial charge < -0.3 is 27.8 Å². The second kappa shape index (κ2) is 9.96. The highest BCUT2D eigenvalue weighted by Crippen LogP contribution is 2.22. The smallest absolute Gasteiger partial charge is 0.349 e. The Kier molecular flexibility index (Phi) is 7.51. The topological polar surface area (TPSA) is 139 Å². The molecule has 0 saturated carbocycles. The van der Waals surface area contributed by atoms with E-state index in [-0.39, 0.29) is 23.3 Å². The number of benzene rings is 1. The summed E-state index contributed by atoms with van der Waals surface area (Å²) in [4.78, 5) is 55.9. The predicted molar refractivity (Wildman–Crippen MR) is 129 cm³/mol. The predicted octanol–water partition coefficient (Wildman–Crippen LogP) is -0.167. The van der Waals surface area contributed by atoms with Crippen LogP contribution in [0.2, 0.25) is 0 Å². The lowest BCUT2D eigenvalue weighted by Gasteiger charge is -2.30. The van der Waals surface area contributed by atoms with Crippen molar-refractivity contribution < 1.29 is 9.59 Å². The number of hydrogen-bond acceptors (Lipinski definition) is 9. The minimum Gasteiger partial charge on any atom is -0.790 e. The Morgan fingerprint density at radius 3 is 2.34 bits per heavy atom. The highest BCUT2D eigenvalue weighted by atomic mass is 33.1. The van der Waals surface area contributed by atoms with Crippen LogP contribution in [0.15, 0.2) is 21.7 Å². The quantitative estimate of drug-likeness (QED) is 0.171. The highest BCUT2D eigenvalue weighted by Gasteiger charge is 2.30. The van der Waals surface area contributed by atoms with Crippen LogP contribution in [0.4, 0.5) is 0 Å². The SMILES string of the molecule is Cc1cc2nc3c(=O)[nH]c(=O)nc-3n(C)c2cc1C.O=C1N[C@@H](CSS)C(=O)N[C@H]1C[S-]. The molecule has 0 spiro atoms. The van der Waals surface area contributed by atoms with Gasteiger partial charge in [0.05, 0.1) is 17.1 Å². The number of piperazine rings is 1. The molecule has 0 radical (unpaired) electrons. The van der Waals surface area contributed by atoms with Crippen LogP contribution in [-0.2, 0) is 29.3 Å². The summed E-state index contributed by atoms with van der Waals surface area (Å²) in [6.45, 7) is 3.99. The van der Waals surface area contributed by atoms with Crippen molar-refractivity contribution in [3.63, 3.8) is 0 Å². The molecular formula is C19H21N6O4S3-. The van der Waals surface area contributed by atoms with Gasteiger partial charge in [0.2, 0.25) is 11.8 Å². The number of nitrogens with zero attached hydrogens (tertiary/aromatic N) is 3. The number of carbonyl (C=O) groups is 2. The molecule has 3 aliphatic heterocycles. The first-order valence-electron chi connectivity index (χ1n) is 9.49. The molecule has 3 heterocycles. The third kappa shape index (κ3) is 4.94. The van der Waals surface area contributed by atoms with Gasteiger partial charge in [0.25, 0.3) is 5.56 Å². The molecule has 4 rings (SSSR count). The molecule has 2 amide bonds. The molecule has 0 unspecified atom stereocenters. The van der Waals surface area contributed by atoms with Crippen molar-refractivity contribution in [1.29, 1.82) is 0 Å². The monoisotopic (exact) mass is 493 g/mol. The van der Waals surface area contributed by atoms with E-state index in [1.807, 2.05) is 26.0 Å². The number of amides is 2. The zero-order chi connectivity index (χ0) is 23.6. The van der Waals surface area contributed by atoms with Crippen molar-refractivity contribution in [2.24, 2.45) is 7.05 Å². The zero-order valence-electron chi connectivity index (χ0n) is 17.5. The molecule has 1 saturated heterocycles. The van der Waals surface area contributed by atoms with Gasteiger partial charge in [-0.3, -0.25) is 19.4 Å². The Morgan fingerprint density at radius 2 is 1.69 bits per heavy atom. The van der Waals surface area contributed by atoms with Gasteiger partial charge in [-0.05, 0) is 37.1 Å². The standard InChI is InChI=1S/C13H12N4O2.C6H10N2O2S3/c1-6-4-8-9(5-7(6)2)17(3)11-10(14-8)12(18)16-13(19)15-11;9-5-3(1-11)7-6(10)4(8-5)2-13-12/h4-5H,1-3H3,(H,16,18,19);3-4,11-12H,1-2H2,(H,7,10)(H,8,9)/p-1/t;3-,4-/m.0/s1. The Morgan fingerprint density at radius 1 is 1.06 bits per heavy atom. The largest absolute Gasteiger partial charge is 0.790 e. The van der Waals surface area contributed by atoms with Crippen molar-refractivity contribution in [2.45, 2.75) is 25.9 Å². The van der Waals surface area contributed by atoms with E-state index >= 15 is 0 Å². The number of H-pyrrole nitrogens is 1. The lowest BCUT2D eigenvalue weighted by molar-refractivity contribution is -0.135. The van der Waals surface area contributed by atoms with E-state index in [9.17, 15) is 19.2 Å². The van der Waals surface area contributed by atoms with Gasteiger partial charge in [-0.15, -0.1) is 17.4 Å². The molecule has 1 fully saturated rings. The number of aromatic amines is 1. The maximum atomic E-state index is 11.8. The molecule has 1 aromatic rings. The van der Waals surface area contributed by atoms with Crippen LogP contribution in [0.1, 0.15) is 11.1 Å². The summed E-state index contributed by atoms with van der Waals surface area (Å²) in [7, 11) is 2.99. The summed E-state index contributed by atoms with van der Waals surface area (Å²) >= 11 is 8.62. The van der Waals surface area contributed by atoms with Crippen molar-refractivity contribution in [1.82, 2.24) is 30.2 Å². The second-order valence-corrected chi connectivity index (χ2v) is 8.92. The second-order valence-electron chi connectivity index (χ2n) is 7.22. The van der Waals surface area contributed by atoms with Crippen LogP contribution < -0.4 is 21.9 Å². The third-order valence-electron chi connectivity index (χ3n) is 5.03. The van der Waals surface area contributed by atoms with E-state index in [4.69, 9.17) is 12.6 Å². The fourth-order valence-electron chi connectivity index (χ4n) is 3.13. The van der Waals surface area contributed by atoms with Gasteiger partial charge in [0.1, 0.15) is 6.04 Å². The minimum atomic E-state index is -0.655. The Balaban J connectivity index is 0.000000195. The summed E-state index contributed by atoms with van der Waals surface area (Å²) in [5.41, 5.74) is 2.79. The fourth-order valence-corrected chi connectivity index (χ4v) is 4.20. The number of aromatic nitrogens is 4. The number of carbonyl (C=O) groups excluding carboxylic acids is 2. The first-order valence-corrected chi connectivity index (χ1v) is 12.1. The van der Waals surface area contributed by atoms with Crippen LogP contribution in [0.5, 0.6) is 0 Å². The first-order chi connectivity index (χ1) is 15.2. The van der Waals surface area contributed by atoms with E-state index in [1.54, 1.807) is 11.6 Å². The highest BCUT2D eigenvalue weighted by molar-refractivity contribution is 8.68. The van der Waals surface area contributed by atoms with Crippen molar-refractivity contribution in [2.75, 3.05) is 11.5 Å². The van der Waals surface area contributed by atoms with Gasteiger partial charge in [0.15, 0.2) is 11.5 Å². The maximum absolute atomic E-state index is 11.8. The molecule has 0 aromatic heterocycles. The first kappa shape index (κ1) is 24.1. The van der Waals surface area contributed by atoms with E-state index in [1.165, 1.54) is 10.8 Å². The van der Waals surface area contributed by atoms with E-state index in [0.717, 1.165) is 16.6 Å². The number of rotatable bonds is 3. The molecule has 32 heavy (non-hydrogen) atoms. The molecule has 1 aromatic carbocycles. The maximum Gasteiger partial charge on any atom is 0.349 e. The molecule has 3 aliphatic rings. The van der Waals surface area contributed by atoms with Crippen molar-refractivity contribution in [3.8, 4) is 11.5 Å². The summed E-state index contributed by atoms with van der Waals surface area (Å²) in [5, 5.41) is 5.13. The lowest BCUT2D eigenvalue weighted by Crippen LogP contribution is -2.63. The van der Waals surface area contributed by atoms with E-state index in [0.29, 0.717) is 17.1 Å². The lowest BCUT2D eigenvalue weighted by atomic mass is 10.1. The van der Waals surface area contributed by atoms with Gasteiger partial charge >= 0.3 is 5.69 Å². The Hall–Kier alpha value is -2.51. The number of thiol groups is 1. The van der Waals surface area contributed by atoms with Crippen LogP contribution in [-0.4, -0.2) is 54.9 Å². The van der Waals surface area contributed by atoms with Gasteiger partial charge in [-0.2, -0.15) is 4.98 Å². The van der Waals surface area contributed by atoms with Gasteiger partial charge in [0, 0.05) is 12.8 Å². The van der Waals surface area contributed by atoms with Crippen molar-refractivity contribution in [3.05, 3.63) is 44.1 Å².